The number of ether oxygens (including phenoxy) is 2. The normalized spacial score (nSPS) is 19.7. The lowest BCUT2D eigenvalue weighted by Gasteiger charge is -2.39. The van der Waals surface area contributed by atoms with E-state index in [0.717, 1.165) is 5.69 Å². The third-order valence-corrected chi connectivity index (χ3v) is 7.54. The highest BCUT2D eigenvalue weighted by molar-refractivity contribution is 6.09. The van der Waals surface area contributed by atoms with Gasteiger partial charge in [-0.25, -0.2) is 0 Å². The van der Waals surface area contributed by atoms with Crippen LogP contribution < -0.4 is 15.0 Å². The molecule has 2 aromatic carbocycles. The van der Waals surface area contributed by atoms with Crippen LogP contribution in [-0.2, 0) is 14.3 Å². The van der Waals surface area contributed by atoms with Gasteiger partial charge in [-0.05, 0) is 68.5 Å². The van der Waals surface area contributed by atoms with Crippen molar-refractivity contribution in [2.24, 2.45) is 0 Å². The van der Waals surface area contributed by atoms with Crippen LogP contribution in [0.1, 0.15) is 67.8 Å². The standard InChI is InChI=1S/C29H35N3O5/c1-29(2)28(35)32(19-26(33)31-14-16-36-17-15-31)24-18-22(10-13-25(24)37-29)27(34)30-23-11-8-21(9-12-23)20-6-4-3-5-7-20/h8-13,18,20H,3-7,14-17,19H2,1-2H3,(H,30,34). The van der Waals surface area contributed by atoms with Gasteiger partial charge in [-0.1, -0.05) is 31.4 Å². The Labute approximate surface area is 217 Å². The van der Waals surface area contributed by atoms with Crippen LogP contribution in [0, 0.1) is 0 Å². The van der Waals surface area contributed by atoms with Crippen molar-refractivity contribution in [2.75, 3.05) is 43.1 Å². The van der Waals surface area contributed by atoms with Crippen LogP contribution in [0.2, 0.25) is 0 Å². The van der Waals surface area contributed by atoms with E-state index in [4.69, 9.17) is 9.47 Å². The molecule has 8 nitrogen and oxygen atoms in total. The Morgan fingerprint density at radius 3 is 2.41 bits per heavy atom. The third kappa shape index (κ3) is 5.49. The number of amides is 3. The summed E-state index contributed by atoms with van der Waals surface area (Å²) in [6.07, 6.45) is 6.32. The molecule has 0 aromatic heterocycles. The Balaban J connectivity index is 1.33. The maximum atomic E-state index is 13.3. The molecular formula is C29H35N3O5. The van der Waals surface area contributed by atoms with Gasteiger partial charge in [0.25, 0.3) is 11.8 Å². The number of hydrogen-bond acceptors (Lipinski definition) is 5. The summed E-state index contributed by atoms with van der Waals surface area (Å²) in [5, 5.41) is 2.96. The summed E-state index contributed by atoms with van der Waals surface area (Å²) in [6, 6.07) is 13.1. The molecule has 8 heteroatoms. The molecule has 37 heavy (non-hydrogen) atoms. The minimum Gasteiger partial charge on any atom is -0.476 e. The van der Waals surface area contributed by atoms with Crippen LogP contribution in [0.4, 0.5) is 11.4 Å². The van der Waals surface area contributed by atoms with Crippen molar-refractivity contribution in [3.8, 4) is 5.75 Å². The van der Waals surface area contributed by atoms with Crippen LogP contribution in [0.5, 0.6) is 5.75 Å². The molecule has 5 rings (SSSR count). The van der Waals surface area contributed by atoms with Crippen molar-refractivity contribution in [3.63, 3.8) is 0 Å². The SMILES string of the molecule is CC1(C)Oc2ccc(C(=O)Nc3ccc(C4CCCCC4)cc3)cc2N(CC(=O)N2CCOCC2)C1=O. The molecule has 0 bridgehead atoms. The van der Waals surface area contributed by atoms with Gasteiger partial charge in [-0.3, -0.25) is 19.3 Å². The molecule has 1 aliphatic carbocycles. The summed E-state index contributed by atoms with van der Waals surface area (Å²) >= 11 is 0. The number of carbonyl (C=O) groups excluding carboxylic acids is 3. The molecule has 1 saturated carbocycles. The van der Waals surface area contributed by atoms with Crippen LogP contribution in [-0.4, -0.2) is 61.1 Å². The second-order valence-corrected chi connectivity index (χ2v) is 10.6. The van der Waals surface area contributed by atoms with E-state index in [9.17, 15) is 14.4 Å². The molecule has 196 valence electrons. The largest absolute Gasteiger partial charge is 0.476 e. The molecular weight excluding hydrogens is 470 g/mol. The monoisotopic (exact) mass is 505 g/mol. The van der Waals surface area contributed by atoms with Crippen LogP contribution in [0.3, 0.4) is 0 Å². The maximum Gasteiger partial charge on any atom is 0.271 e. The fraction of sp³-hybridized carbons (Fsp3) is 0.483. The molecule has 1 saturated heterocycles. The average Bonchev–Trinajstić information content (AvgIpc) is 2.92. The molecule has 0 unspecified atom stereocenters. The Hall–Kier alpha value is -3.39. The molecule has 2 fully saturated rings. The third-order valence-electron chi connectivity index (χ3n) is 7.54. The van der Waals surface area contributed by atoms with E-state index < -0.39 is 5.60 Å². The minimum atomic E-state index is -1.12. The number of nitrogens with one attached hydrogen (secondary N) is 1. The number of rotatable bonds is 5. The number of anilines is 2. The lowest BCUT2D eigenvalue weighted by molar-refractivity contribution is -0.138. The smallest absolute Gasteiger partial charge is 0.271 e. The first-order valence-electron chi connectivity index (χ1n) is 13.2. The van der Waals surface area contributed by atoms with Crippen LogP contribution in [0.25, 0.3) is 0 Å². The molecule has 3 amide bonds. The number of nitrogens with zero attached hydrogens (tertiary/aromatic N) is 2. The van der Waals surface area contributed by atoms with Crippen molar-refractivity contribution in [1.29, 1.82) is 0 Å². The van der Waals surface area contributed by atoms with E-state index >= 15 is 0 Å². The van der Waals surface area contributed by atoms with E-state index in [1.165, 1.54) is 42.6 Å². The van der Waals surface area contributed by atoms with Crippen molar-refractivity contribution < 1.29 is 23.9 Å². The Morgan fingerprint density at radius 1 is 1.00 bits per heavy atom. The predicted molar refractivity (Wildman–Crippen MR) is 141 cm³/mol. The van der Waals surface area contributed by atoms with Gasteiger partial charge in [0.2, 0.25) is 5.91 Å². The summed E-state index contributed by atoms with van der Waals surface area (Å²) < 4.78 is 11.3. The second-order valence-electron chi connectivity index (χ2n) is 10.6. The number of morpholine rings is 1. The molecule has 2 heterocycles. The summed E-state index contributed by atoms with van der Waals surface area (Å²) in [5.74, 6) is 0.301. The average molecular weight is 506 g/mol. The zero-order valence-corrected chi connectivity index (χ0v) is 21.6. The van der Waals surface area contributed by atoms with Gasteiger partial charge in [0.1, 0.15) is 12.3 Å². The van der Waals surface area contributed by atoms with E-state index in [2.05, 4.69) is 17.4 Å². The molecule has 0 radical (unpaired) electrons. The van der Waals surface area contributed by atoms with Gasteiger partial charge in [-0.15, -0.1) is 0 Å². The highest BCUT2D eigenvalue weighted by Gasteiger charge is 2.42. The number of fused-ring (bicyclic) bond motifs is 1. The number of benzene rings is 2. The van der Waals surface area contributed by atoms with Crippen molar-refractivity contribution in [1.82, 2.24) is 4.90 Å². The summed E-state index contributed by atoms with van der Waals surface area (Å²) in [5.41, 5.74) is 1.73. The lowest BCUT2D eigenvalue weighted by atomic mass is 9.84. The second kappa shape index (κ2) is 10.5. The van der Waals surface area contributed by atoms with E-state index in [1.807, 2.05) is 12.1 Å². The summed E-state index contributed by atoms with van der Waals surface area (Å²) in [4.78, 5) is 42.5. The summed E-state index contributed by atoms with van der Waals surface area (Å²) in [6.45, 7) is 5.20. The van der Waals surface area contributed by atoms with Crippen molar-refractivity contribution in [3.05, 3.63) is 53.6 Å². The van der Waals surface area contributed by atoms with Gasteiger partial charge < -0.3 is 19.7 Å². The van der Waals surface area contributed by atoms with Crippen molar-refractivity contribution in [2.45, 2.75) is 57.5 Å². The van der Waals surface area contributed by atoms with Gasteiger partial charge in [0.05, 0.1) is 18.9 Å². The molecule has 2 aliphatic heterocycles. The van der Waals surface area contributed by atoms with Gasteiger partial charge in [0, 0.05) is 24.3 Å². The highest BCUT2D eigenvalue weighted by Crippen LogP contribution is 2.39. The van der Waals surface area contributed by atoms with E-state index in [-0.39, 0.29) is 24.3 Å². The zero-order valence-electron chi connectivity index (χ0n) is 21.6. The van der Waals surface area contributed by atoms with Gasteiger partial charge >= 0.3 is 0 Å². The minimum absolute atomic E-state index is 0.119. The first kappa shape index (κ1) is 25.3. The molecule has 1 N–H and O–H groups in total. The van der Waals surface area contributed by atoms with E-state index in [1.54, 1.807) is 36.9 Å². The molecule has 0 spiro atoms. The Kier molecular flexibility index (Phi) is 7.20. The van der Waals surface area contributed by atoms with Gasteiger partial charge in [-0.2, -0.15) is 0 Å². The van der Waals surface area contributed by atoms with Gasteiger partial charge in [0.15, 0.2) is 5.60 Å². The molecule has 2 aromatic rings. The zero-order chi connectivity index (χ0) is 26.0. The number of hydrogen-bond donors (Lipinski definition) is 1. The predicted octanol–water partition coefficient (Wildman–Crippen LogP) is 4.35. The first-order chi connectivity index (χ1) is 17.8. The van der Waals surface area contributed by atoms with E-state index in [0.29, 0.717) is 49.2 Å². The molecule has 3 aliphatic rings. The lowest BCUT2D eigenvalue weighted by Crippen LogP contribution is -2.56. The Morgan fingerprint density at radius 2 is 1.70 bits per heavy atom. The quantitative estimate of drug-likeness (QED) is 0.653. The topological polar surface area (TPSA) is 88.2 Å². The van der Waals surface area contributed by atoms with Crippen molar-refractivity contribution >= 4 is 29.1 Å². The summed E-state index contributed by atoms with van der Waals surface area (Å²) in [7, 11) is 0. The number of carbonyl (C=O) groups is 3. The first-order valence-corrected chi connectivity index (χ1v) is 13.2. The maximum absolute atomic E-state index is 13.3. The Bertz CT molecular complexity index is 1160. The highest BCUT2D eigenvalue weighted by atomic mass is 16.5. The van der Waals surface area contributed by atoms with Crippen LogP contribution in [0.15, 0.2) is 42.5 Å². The fourth-order valence-electron chi connectivity index (χ4n) is 5.39. The van der Waals surface area contributed by atoms with Crippen LogP contribution >= 0.6 is 0 Å². The molecule has 0 atom stereocenters. The fourth-order valence-corrected chi connectivity index (χ4v) is 5.39.